The Hall–Kier alpha value is -0.160. The lowest BCUT2D eigenvalue weighted by Crippen LogP contribution is -3.00. The van der Waals surface area contributed by atoms with Gasteiger partial charge in [-0.25, -0.2) is 4.99 Å². The standard InChI is InChI=1S/C24H49N2O2.ClH/c1-2-3-4-5-6-7-8-9-10-11-12-13-14-15-16-17-24-25-18-19-26(24,20-22-27)21-23-28;/h27-28H,2-23H2,1H3;1H/q+1;/p-1. The van der Waals surface area contributed by atoms with Crippen LogP contribution in [0.5, 0.6) is 0 Å². The van der Waals surface area contributed by atoms with Crippen molar-refractivity contribution in [2.24, 2.45) is 4.99 Å². The average molecular weight is 433 g/mol. The predicted molar refractivity (Wildman–Crippen MR) is 121 cm³/mol. The number of hydrogen-bond acceptors (Lipinski definition) is 3. The summed E-state index contributed by atoms with van der Waals surface area (Å²) >= 11 is 0. The molecule has 1 aliphatic rings. The number of amidine groups is 1. The normalized spacial score (nSPS) is 15.3. The minimum absolute atomic E-state index is 0. The van der Waals surface area contributed by atoms with Crippen molar-refractivity contribution in [2.75, 3.05) is 39.4 Å². The molecular formula is C24H49ClN2O2. The van der Waals surface area contributed by atoms with Gasteiger partial charge in [0.25, 0.3) is 0 Å². The van der Waals surface area contributed by atoms with Crippen LogP contribution in [-0.4, -0.2) is 59.9 Å². The van der Waals surface area contributed by atoms with Crippen LogP contribution in [-0.2, 0) is 0 Å². The van der Waals surface area contributed by atoms with E-state index in [0.29, 0.717) is 13.1 Å². The Bertz CT molecular complexity index is 385. The second-order valence-corrected chi connectivity index (χ2v) is 8.76. The smallest absolute Gasteiger partial charge is 0.198 e. The van der Waals surface area contributed by atoms with Gasteiger partial charge in [-0.05, 0) is 6.42 Å². The highest BCUT2D eigenvalue weighted by molar-refractivity contribution is 5.76. The summed E-state index contributed by atoms with van der Waals surface area (Å²) in [6.07, 6.45) is 21.9. The molecule has 0 unspecified atom stereocenters. The Morgan fingerprint density at radius 3 is 1.52 bits per heavy atom. The molecule has 0 radical (unpaired) electrons. The first kappa shape index (κ1) is 28.8. The van der Waals surface area contributed by atoms with Gasteiger partial charge in [-0.1, -0.05) is 96.8 Å². The monoisotopic (exact) mass is 432 g/mol. The first-order valence-electron chi connectivity index (χ1n) is 12.4. The molecule has 1 heterocycles. The van der Waals surface area contributed by atoms with E-state index in [1.165, 1.54) is 102 Å². The number of quaternary nitrogens is 1. The topological polar surface area (TPSA) is 52.8 Å². The van der Waals surface area contributed by atoms with E-state index in [2.05, 4.69) is 6.92 Å². The summed E-state index contributed by atoms with van der Waals surface area (Å²) in [5.74, 6) is 1.22. The van der Waals surface area contributed by atoms with E-state index in [1.807, 2.05) is 0 Å². The molecule has 5 heteroatoms. The van der Waals surface area contributed by atoms with Gasteiger partial charge >= 0.3 is 0 Å². The summed E-state index contributed by atoms with van der Waals surface area (Å²) in [5.41, 5.74) is 0. The number of aliphatic hydroxyl groups is 2. The number of halogens is 1. The van der Waals surface area contributed by atoms with E-state index < -0.39 is 0 Å². The highest BCUT2D eigenvalue weighted by Gasteiger charge is 2.36. The molecule has 0 atom stereocenters. The molecule has 174 valence electrons. The Balaban J connectivity index is 0.00000784. The highest BCUT2D eigenvalue weighted by Crippen LogP contribution is 2.20. The van der Waals surface area contributed by atoms with E-state index in [9.17, 15) is 10.2 Å². The Kier molecular flexibility index (Phi) is 19.7. The van der Waals surface area contributed by atoms with Crippen LogP contribution in [0.1, 0.15) is 110 Å². The fourth-order valence-electron chi connectivity index (χ4n) is 4.60. The number of nitrogens with zero attached hydrogens (tertiary/aromatic N) is 2. The number of unbranched alkanes of at least 4 members (excludes halogenated alkanes) is 14. The number of rotatable bonds is 20. The summed E-state index contributed by atoms with van der Waals surface area (Å²) < 4.78 is 0.728. The third-order valence-electron chi connectivity index (χ3n) is 6.43. The van der Waals surface area contributed by atoms with Gasteiger partial charge in [-0.3, -0.25) is 4.48 Å². The van der Waals surface area contributed by atoms with Crippen molar-refractivity contribution < 1.29 is 27.1 Å². The summed E-state index contributed by atoms with van der Waals surface area (Å²) in [6.45, 7) is 5.86. The molecule has 29 heavy (non-hydrogen) atoms. The van der Waals surface area contributed by atoms with Crippen LogP contribution in [0, 0.1) is 0 Å². The molecule has 0 saturated carbocycles. The average Bonchev–Trinajstić information content (AvgIpc) is 3.07. The van der Waals surface area contributed by atoms with Gasteiger partial charge in [-0.15, -0.1) is 0 Å². The molecule has 0 saturated heterocycles. The third-order valence-corrected chi connectivity index (χ3v) is 6.43. The number of aliphatic hydroxyl groups excluding tert-OH is 2. The Morgan fingerprint density at radius 2 is 1.10 bits per heavy atom. The minimum atomic E-state index is 0. The molecule has 0 aromatic carbocycles. The van der Waals surface area contributed by atoms with Crippen molar-refractivity contribution in [3.8, 4) is 0 Å². The molecule has 0 aliphatic carbocycles. The quantitative estimate of drug-likeness (QED) is 0.229. The molecule has 1 rings (SSSR count). The van der Waals surface area contributed by atoms with Gasteiger partial charge < -0.3 is 22.6 Å². The molecule has 0 aromatic rings. The van der Waals surface area contributed by atoms with Gasteiger partial charge in [0.2, 0.25) is 0 Å². The van der Waals surface area contributed by atoms with Crippen LogP contribution < -0.4 is 12.4 Å². The van der Waals surface area contributed by atoms with Gasteiger partial charge in [0.1, 0.15) is 19.6 Å². The van der Waals surface area contributed by atoms with Gasteiger partial charge in [0, 0.05) is 6.42 Å². The predicted octanol–water partition coefficient (Wildman–Crippen LogP) is 2.47. The lowest BCUT2D eigenvalue weighted by atomic mass is 10.0. The number of hydrogen-bond donors (Lipinski definition) is 2. The van der Waals surface area contributed by atoms with Crippen LogP contribution in [0.15, 0.2) is 4.99 Å². The zero-order chi connectivity index (χ0) is 20.3. The van der Waals surface area contributed by atoms with Crippen molar-refractivity contribution in [3.05, 3.63) is 0 Å². The molecular weight excluding hydrogens is 384 g/mol. The summed E-state index contributed by atoms with van der Waals surface area (Å²) in [6, 6.07) is 0. The van der Waals surface area contributed by atoms with Crippen molar-refractivity contribution in [2.45, 2.75) is 110 Å². The van der Waals surface area contributed by atoms with Crippen molar-refractivity contribution in [3.63, 3.8) is 0 Å². The van der Waals surface area contributed by atoms with Crippen LogP contribution in [0.25, 0.3) is 0 Å². The zero-order valence-corrected chi connectivity index (χ0v) is 20.0. The summed E-state index contributed by atoms with van der Waals surface area (Å²) in [7, 11) is 0. The summed E-state index contributed by atoms with van der Waals surface area (Å²) in [5, 5.41) is 18.8. The summed E-state index contributed by atoms with van der Waals surface area (Å²) in [4.78, 5) is 4.70. The van der Waals surface area contributed by atoms with Crippen LogP contribution in [0.2, 0.25) is 0 Å². The first-order chi connectivity index (χ1) is 13.8. The molecule has 0 fully saturated rings. The lowest BCUT2D eigenvalue weighted by molar-refractivity contribution is -0.837. The second-order valence-electron chi connectivity index (χ2n) is 8.76. The molecule has 0 aromatic heterocycles. The maximum atomic E-state index is 9.39. The zero-order valence-electron chi connectivity index (χ0n) is 19.2. The van der Waals surface area contributed by atoms with Gasteiger partial charge in [0.05, 0.1) is 19.8 Å². The fraction of sp³-hybridized carbons (Fsp3) is 0.958. The van der Waals surface area contributed by atoms with Crippen molar-refractivity contribution >= 4 is 5.84 Å². The Labute approximate surface area is 187 Å². The number of aliphatic imine (C=N–C) groups is 1. The van der Waals surface area contributed by atoms with Crippen molar-refractivity contribution in [1.29, 1.82) is 0 Å². The molecule has 0 spiro atoms. The molecule has 1 aliphatic heterocycles. The van der Waals surface area contributed by atoms with Gasteiger partial charge in [0.15, 0.2) is 5.84 Å². The lowest BCUT2D eigenvalue weighted by Gasteiger charge is -2.33. The van der Waals surface area contributed by atoms with E-state index in [-0.39, 0.29) is 25.6 Å². The molecule has 0 bridgehead atoms. The van der Waals surface area contributed by atoms with Crippen LogP contribution in [0.3, 0.4) is 0 Å². The van der Waals surface area contributed by atoms with E-state index in [4.69, 9.17) is 4.99 Å². The molecule has 0 amide bonds. The SMILES string of the molecule is CCCCCCCCCCCCCCCCCC1=NCC[N+]1(CCO)CCO.[Cl-]. The van der Waals surface area contributed by atoms with Crippen LogP contribution >= 0.6 is 0 Å². The second kappa shape index (κ2) is 19.8. The fourth-order valence-corrected chi connectivity index (χ4v) is 4.60. The first-order valence-corrected chi connectivity index (χ1v) is 12.4. The van der Waals surface area contributed by atoms with Gasteiger partial charge in [-0.2, -0.15) is 0 Å². The van der Waals surface area contributed by atoms with E-state index in [1.54, 1.807) is 0 Å². The third kappa shape index (κ3) is 13.0. The maximum Gasteiger partial charge on any atom is 0.198 e. The van der Waals surface area contributed by atoms with E-state index in [0.717, 1.165) is 24.0 Å². The Morgan fingerprint density at radius 1 is 0.690 bits per heavy atom. The molecule has 2 N–H and O–H groups in total. The van der Waals surface area contributed by atoms with E-state index >= 15 is 0 Å². The van der Waals surface area contributed by atoms with Crippen LogP contribution in [0.4, 0.5) is 0 Å². The van der Waals surface area contributed by atoms with Crippen molar-refractivity contribution in [1.82, 2.24) is 0 Å². The minimum Gasteiger partial charge on any atom is -1.00 e. The molecule has 4 nitrogen and oxygen atoms in total. The largest absolute Gasteiger partial charge is 1.00 e. The maximum absolute atomic E-state index is 9.39. The highest BCUT2D eigenvalue weighted by atomic mass is 35.5.